The molecule has 0 saturated carbocycles. The Kier molecular flexibility index (Phi) is 4.79. The summed E-state index contributed by atoms with van der Waals surface area (Å²) in [6.45, 7) is 1.98. The van der Waals surface area contributed by atoms with E-state index in [1.165, 1.54) is 0 Å². The molecule has 5 nitrogen and oxygen atoms in total. The molecule has 0 saturated heterocycles. The number of carbonyl (C=O) groups excluding carboxylic acids is 1. The average Bonchev–Trinajstić information content (AvgIpc) is 3.07. The number of fused-ring (bicyclic) bond motifs is 1. The smallest absolute Gasteiger partial charge is 0.220 e. The molecule has 3 rings (SSSR count). The fourth-order valence-electron chi connectivity index (χ4n) is 2.70. The van der Waals surface area contributed by atoms with Crippen LogP contribution < -0.4 is 10.1 Å². The van der Waals surface area contributed by atoms with E-state index in [-0.39, 0.29) is 11.9 Å². The molecule has 0 aliphatic carbocycles. The van der Waals surface area contributed by atoms with Gasteiger partial charge in [-0.1, -0.05) is 18.2 Å². The molecule has 1 atom stereocenters. The van der Waals surface area contributed by atoms with Crippen molar-refractivity contribution < 1.29 is 9.53 Å². The van der Waals surface area contributed by atoms with Crippen LogP contribution in [0.2, 0.25) is 0 Å². The van der Waals surface area contributed by atoms with Gasteiger partial charge in [-0.25, -0.2) is 4.98 Å². The topological polar surface area (TPSA) is 67.0 Å². The van der Waals surface area contributed by atoms with Crippen LogP contribution in [0.25, 0.3) is 11.0 Å². The van der Waals surface area contributed by atoms with Crippen LogP contribution in [0.1, 0.15) is 30.5 Å². The number of nitrogens with zero attached hydrogens (tertiary/aromatic N) is 1. The molecular weight excluding hydrogens is 302 g/mol. The largest absolute Gasteiger partial charge is 0.497 e. The summed E-state index contributed by atoms with van der Waals surface area (Å²) in [4.78, 5) is 19.5. The van der Waals surface area contributed by atoms with Gasteiger partial charge in [0.05, 0.1) is 30.5 Å². The number of rotatable bonds is 6. The normalized spacial score (nSPS) is 12.1. The van der Waals surface area contributed by atoms with Gasteiger partial charge in [-0.3, -0.25) is 4.79 Å². The maximum atomic E-state index is 12.2. The predicted molar refractivity (Wildman–Crippen MR) is 94.0 cm³/mol. The Hall–Kier alpha value is -2.82. The van der Waals surface area contributed by atoms with Gasteiger partial charge in [0.15, 0.2) is 0 Å². The summed E-state index contributed by atoms with van der Waals surface area (Å²) in [6.07, 6.45) is 2.83. The summed E-state index contributed by atoms with van der Waals surface area (Å²) < 4.78 is 5.22. The Bertz CT molecular complexity index is 841. The summed E-state index contributed by atoms with van der Waals surface area (Å²) in [5, 5.41) is 3.04. The minimum Gasteiger partial charge on any atom is -0.497 e. The van der Waals surface area contributed by atoms with Gasteiger partial charge in [-0.2, -0.15) is 0 Å². The van der Waals surface area contributed by atoms with Crippen LogP contribution in [-0.2, 0) is 11.2 Å². The third kappa shape index (κ3) is 3.74. The van der Waals surface area contributed by atoms with Crippen molar-refractivity contribution in [3.8, 4) is 5.75 Å². The fourth-order valence-corrected chi connectivity index (χ4v) is 2.70. The van der Waals surface area contributed by atoms with Gasteiger partial charge in [-0.05, 0) is 48.7 Å². The van der Waals surface area contributed by atoms with Crippen LogP contribution in [0.5, 0.6) is 5.75 Å². The van der Waals surface area contributed by atoms with E-state index in [2.05, 4.69) is 15.3 Å². The van der Waals surface area contributed by atoms with Crippen molar-refractivity contribution in [2.45, 2.75) is 25.8 Å². The molecule has 1 unspecified atom stereocenters. The third-order valence-corrected chi connectivity index (χ3v) is 4.10. The summed E-state index contributed by atoms with van der Waals surface area (Å²) in [7, 11) is 1.64. The number of aromatic amines is 1. The van der Waals surface area contributed by atoms with Gasteiger partial charge in [0, 0.05) is 6.42 Å². The van der Waals surface area contributed by atoms with Crippen molar-refractivity contribution in [2.24, 2.45) is 0 Å². The van der Waals surface area contributed by atoms with Crippen molar-refractivity contribution in [1.29, 1.82) is 0 Å². The molecule has 5 heteroatoms. The maximum Gasteiger partial charge on any atom is 0.220 e. The van der Waals surface area contributed by atoms with Crippen LogP contribution in [-0.4, -0.2) is 23.0 Å². The second-order valence-corrected chi connectivity index (χ2v) is 5.82. The molecule has 2 N–H and O–H groups in total. The van der Waals surface area contributed by atoms with Crippen molar-refractivity contribution in [2.75, 3.05) is 7.11 Å². The zero-order valence-electron chi connectivity index (χ0n) is 13.9. The van der Waals surface area contributed by atoms with Gasteiger partial charge >= 0.3 is 0 Å². The number of ether oxygens (including phenoxy) is 1. The Morgan fingerprint density at radius 1 is 1.29 bits per heavy atom. The number of nitrogens with one attached hydrogen (secondary N) is 2. The van der Waals surface area contributed by atoms with Gasteiger partial charge in [0.2, 0.25) is 5.91 Å². The SMILES string of the molecule is COc1cccc(C(C)NC(=O)CCc2ccc3nc[nH]c3c2)c1. The number of benzene rings is 2. The minimum absolute atomic E-state index is 0.0371. The number of imidazole rings is 1. The van der Waals surface area contributed by atoms with E-state index in [1.54, 1.807) is 13.4 Å². The molecule has 1 amide bonds. The fraction of sp³-hybridized carbons (Fsp3) is 0.263. The first-order valence-corrected chi connectivity index (χ1v) is 8.01. The molecule has 3 aromatic rings. The predicted octanol–water partition coefficient (Wildman–Crippen LogP) is 3.38. The van der Waals surface area contributed by atoms with Crippen LogP contribution in [0.15, 0.2) is 48.8 Å². The van der Waals surface area contributed by atoms with E-state index in [1.807, 2.05) is 49.4 Å². The van der Waals surface area contributed by atoms with Crippen molar-refractivity contribution in [3.05, 3.63) is 59.9 Å². The van der Waals surface area contributed by atoms with Gasteiger partial charge in [0.25, 0.3) is 0 Å². The third-order valence-electron chi connectivity index (χ3n) is 4.10. The molecule has 0 spiro atoms. The number of hydrogen-bond acceptors (Lipinski definition) is 3. The van der Waals surface area contributed by atoms with E-state index in [4.69, 9.17) is 4.74 Å². The molecule has 0 radical (unpaired) electrons. The number of amides is 1. The highest BCUT2D eigenvalue weighted by atomic mass is 16.5. The molecule has 24 heavy (non-hydrogen) atoms. The quantitative estimate of drug-likeness (QED) is 0.731. The lowest BCUT2D eigenvalue weighted by atomic mass is 10.1. The molecule has 0 bridgehead atoms. The molecule has 1 heterocycles. The first-order valence-electron chi connectivity index (χ1n) is 8.01. The average molecular weight is 323 g/mol. The Morgan fingerprint density at radius 3 is 3.00 bits per heavy atom. The van der Waals surface area contributed by atoms with Crippen LogP contribution in [0, 0.1) is 0 Å². The summed E-state index contributed by atoms with van der Waals surface area (Å²) in [5.74, 6) is 0.830. The van der Waals surface area contributed by atoms with Crippen molar-refractivity contribution >= 4 is 16.9 Å². The zero-order chi connectivity index (χ0) is 16.9. The number of H-pyrrole nitrogens is 1. The number of aromatic nitrogens is 2. The first-order chi connectivity index (χ1) is 11.7. The molecule has 0 aliphatic heterocycles. The summed E-state index contributed by atoms with van der Waals surface area (Å²) >= 11 is 0. The van der Waals surface area contributed by atoms with Crippen LogP contribution in [0.4, 0.5) is 0 Å². The lowest BCUT2D eigenvalue weighted by molar-refractivity contribution is -0.121. The monoisotopic (exact) mass is 323 g/mol. The van der Waals surface area contributed by atoms with E-state index in [0.29, 0.717) is 12.8 Å². The zero-order valence-corrected chi connectivity index (χ0v) is 13.9. The van der Waals surface area contributed by atoms with E-state index in [0.717, 1.165) is 27.9 Å². The molecule has 2 aromatic carbocycles. The summed E-state index contributed by atoms with van der Waals surface area (Å²) in [6, 6.07) is 13.7. The lowest BCUT2D eigenvalue weighted by Gasteiger charge is -2.15. The number of carbonyl (C=O) groups is 1. The minimum atomic E-state index is -0.0531. The molecule has 124 valence electrons. The first kappa shape index (κ1) is 16.1. The number of aryl methyl sites for hydroxylation is 1. The standard InChI is InChI=1S/C19H21N3O2/c1-13(15-4-3-5-16(11-15)24-2)22-19(23)9-7-14-6-8-17-18(10-14)21-12-20-17/h3-6,8,10-13H,7,9H2,1-2H3,(H,20,21)(H,22,23). The molecule has 1 aromatic heterocycles. The van der Waals surface area contributed by atoms with E-state index in [9.17, 15) is 4.79 Å². The Labute approximate surface area is 141 Å². The molecular formula is C19H21N3O2. The highest BCUT2D eigenvalue weighted by molar-refractivity contribution is 5.78. The highest BCUT2D eigenvalue weighted by Crippen LogP contribution is 2.19. The van der Waals surface area contributed by atoms with Crippen LogP contribution in [0.3, 0.4) is 0 Å². The number of hydrogen-bond donors (Lipinski definition) is 2. The molecule has 0 aliphatic rings. The highest BCUT2D eigenvalue weighted by Gasteiger charge is 2.10. The van der Waals surface area contributed by atoms with E-state index >= 15 is 0 Å². The van der Waals surface area contributed by atoms with Gasteiger partial charge in [-0.15, -0.1) is 0 Å². The van der Waals surface area contributed by atoms with Crippen LogP contribution >= 0.6 is 0 Å². The van der Waals surface area contributed by atoms with Gasteiger partial charge < -0.3 is 15.0 Å². The molecule has 0 fully saturated rings. The second-order valence-electron chi connectivity index (χ2n) is 5.82. The Morgan fingerprint density at radius 2 is 2.17 bits per heavy atom. The van der Waals surface area contributed by atoms with E-state index < -0.39 is 0 Å². The van der Waals surface area contributed by atoms with Gasteiger partial charge in [0.1, 0.15) is 5.75 Å². The number of methoxy groups -OCH3 is 1. The summed E-state index contributed by atoms with van der Waals surface area (Å²) in [5.41, 5.74) is 4.09. The van der Waals surface area contributed by atoms with Crippen molar-refractivity contribution in [3.63, 3.8) is 0 Å². The maximum absolute atomic E-state index is 12.2. The van der Waals surface area contributed by atoms with Crippen molar-refractivity contribution in [1.82, 2.24) is 15.3 Å². The second kappa shape index (κ2) is 7.17. The lowest BCUT2D eigenvalue weighted by Crippen LogP contribution is -2.26. The Balaban J connectivity index is 1.56.